The Bertz CT molecular complexity index is 164. The van der Waals surface area contributed by atoms with Crippen LogP contribution in [0.15, 0.2) is 12.8 Å². The second kappa shape index (κ2) is 5.28. The zero-order chi connectivity index (χ0) is 8.81. The molecule has 1 saturated carbocycles. The monoisotopic (exact) mass is 189 g/mol. The molecule has 4 heteroatoms. The Balaban J connectivity index is 2.07. The molecule has 68 valence electrons. The SMILES string of the molecule is C=CO[P+](=O)OCC1CCCC1. The lowest BCUT2D eigenvalue weighted by atomic mass is 10.1. The van der Waals surface area contributed by atoms with Crippen molar-refractivity contribution in [3.63, 3.8) is 0 Å². The van der Waals surface area contributed by atoms with Crippen LogP contribution in [-0.4, -0.2) is 6.61 Å². The Morgan fingerprint density at radius 3 is 2.75 bits per heavy atom. The maximum Gasteiger partial charge on any atom is 0.749 e. The van der Waals surface area contributed by atoms with Crippen molar-refractivity contribution < 1.29 is 13.6 Å². The minimum Gasteiger partial charge on any atom is -0.238 e. The van der Waals surface area contributed by atoms with E-state index in [2.05, 4.69) is 11.1 Å². The molecule has 12 heavy (non-hydrogen) atoms. The molecule has 1 unspecified atom stereocenters. The molecule has 0 heterocycles. The Labute approximate surface area is 73.7 Å². The topological polar surface area (TPSA) is 35.5 Å². The summed E-state index contributed by atoms with van der Waals surface area (Å²) in [6, 6.07) is 0. The third kappa shape index (κ3) is 3.33. The van der Waals surface area contributed by atoms with Gasteiger partial charge in [-0.25, -0.2) is 4.52 Å². The van der Waals surface area contributed by atoms with Crippen LogP contribution in [0.3, 0.4) is 0 Å². The molecule has 0 amide bonds. The van der Waals surface area contributed by atoms with Gasteiger partial charge in [-0.2, -0.15) is 0 Å². The van der Waals surface area contributed by atoms with Crippen LogP contribution in [0.25, 0.3) is 0 Å². The zero-order valence-electron chi connectivity index (χ0n) is 7.07. The maximum absolute atomic E-state index is 10.8. The summed E-state index contributed by atoms with van der Waals surface area (Å²) in [6.07, 6.45) is 6.07. The highest BCUT2D eigenvalue weighted by Gasteiger charge is 2.24. The second-order valence-electron chi connectivity index (χ2n) is 2.94. The number of rotatable bonds is 5. The lowest BCUT2D eigenvalue weighted by Crippen LogP contribution is -2.00. The first-order chi connectivity index (χ1) is 5.83. The number of hydrogen-bond acceptors (Lipinski definition) is 3. The van der Waals surface area contributed by atoms with Crippen LogP contribution in [0, 0.1) is 5.92 Å². The minimum atomic E-state index is -1.96. The van der Waals surface area contributed by atoms with Crippen molar-refractivity contribution in [1.82, 2.24) is 0 Å². The highest BCUT2D eigenvalue weighted by atomic mass is 31.1. The van der Waals surface area contributed by atoms with E-state index >= 15 is 0 Å². The first-order valence-electron chi connectivity index (χ1n) is 4.21. The van der Waals surface area contributed by atoms with E-state index in [1.165, 1.54) is 25.7 Å². The van der Waals surface area contributed by atoms with Gasteiger partial charge < -0.3 is 0 Å². The van der Waals surface area contributed by atoms with Gasteiger partial charge in [-0.1, -0.05) is 19.4 Å². The molecule has 0 spiro atoms. The fraction of sp³-hybridized carbons (Fsp3) is 0.750. The predicted molar refractivity (Wildman–Crippen MR) is 46.8 cm³/mol. The van der Waals surface area contributed by atoms with Crippen molar-refractivity contribution in [3.05, 3.63) is 12.8 Å². The molecule has 0 aromatic carbocycles. The van der Waals surface area contributed by atoms with Gasteiger partial charge in [0.15, 0.2) is 0 Å². The van der Waals surface area contributed by atoms with Crippen molar-refractivity contribution in [2.24, 2.45) is 5.92 Å². The summed E-state index contributed by atoms with van der Waals surface area (Å²) >= 11 is 0. The van der Waals surface area contributed by atoms with Crippen LogP contribution in [0.2, 0.25) is 0 Å². The molecule has 1 aliphatic carbocycles. The Morgan fingerprint density at radius 1 is 1.50 bits per heavy atom. The Hall–Kier alpha value is -0.400. The lowest BCUT2D eigenvalue weighted by molar-refractivity contribution is 0.227. The van der Waals surface area contributed by atoms with Gasteiger partial charge in [0, 0.05) is 4.57 Å². The van der Waals surface area contributed by atoms with E-state index in [1.807, 2.05) is 0 Å². The molecule has 3 nitrogen and oxygen atoms in total. The third-order valence-electron chi connectivity index (χ3n) is 2.05. The van der Waals surface area contributed by atoms with Crippen molar-refractivity contribution in [2.75, 3.05) is 6.61 Å². The van der Waals surface area contributed by atoms with Gasteiger partial charge in [-0.15, -0.1) is 4.52 Å². The van der Waals surface area contributed by atoms with Gasteiger partial charge >= 0.3 is 8.25 Å². The van der Waals surface area contributed by atoms with E-state index in [9.17, 15) is 4.57 Å². The van der Waals surface area contributed by atoms with E-state index in [-0.39, 0.29) is 0 Å². The van der Waals surface area contributed by atoms with Crippen LogP contribution in [0.5, 0.6) is 0 Å². The normalized spacial score (nSPS) is 19.2. The standard InChI is InChI=1S/C8H14O3P/c1-2-10-12(9)11-7-8-5-3-4-6-8/h2,8H,1,3-7H2/q+1. The third-order valence-corrected chi connectivity index (χ3v) is 2.73. The molecule has 1 fully saturated rings. The summed E-state index contributed by atoms with van der Waals surface area (Å²) in [5, 5.41) is 0. The van der Waals surface area contributed by atoms with Crippen LogP contribution in [-0.2, 0) is 13.6 Å². The molecule has 0 N–H and O–H groups in total. The summed E-state index contributed by atoms with van der Waals surface area (Å²) in [5.41, 5.74) is 0. The van der Waals surface area contributed by atoms with Gasteiger partial charge in [0.05, 0.1) is 0 Å². The van der Waals surface area contributed by atoms with Crippen LogP contribution >= 0.6 is 8.25 Å². The van der Waals surface area contributed by atoms with E-state index in [1.54, 1.807) is 0 Å². The predicted octanol–water partition coefficient (Wildman–Crippen LogP) is 3.01. The Morgan fingerprint density at radius 2 is 2.17 bits per heavy atom. The molecular weight excluding hydrogens is 175 g/mol. The molecule has 0 aliphatic heterocycles. The average Bonchev–Trinajstić information content (AvgIpc) is 2.53. The molecule has 0 saturated heterocycles. The molecule has 0 bridgehead atoms. The molecule has 1 atom stereocenters. The summed E-state index contributed by atoms with van der Waals surface area (Å²) in [7, 11) is -1.96. The molecular formula is C8H14O3P+. The zero-order valence-corrected chi connectivity index (χ0v) is 7.96. The van der Waals surface area contributed by atoms with Crippen molar-refractivity contribution in [1.29, 1.82) is 0 Å². The van der Waals surface area contributed by atoms with Gasteiger partial charge in [0.1, 0.15) is 12.9 Å². The van der Waals surface area contributed by atoms with Gasteiger partial charge in [-0.05, 0) is 18.8 Å². The number of hydrogen-bond donors (Lipinski definition) is 0. The summed E-state index contributed by atoms with van der Waals surface area (Å²) in [6.45, 7) is 3.85. The van der Waals surface area contributed by atoms with E-state index in [0.29, 0.717) is 12.5 Å². The molecule has 1 rings (SSSR count). The molecule has 0 aromatic heterocycles. The summed E-state index contributed by atoms with van der Waals surface area (Å²) in [4.78, 5) is 0. The first-order valence-corrected chi connectivity index (χ1v) is 5.30. The van der Waals surface area contributed by atoms with Gasteiger partial charge in [-0.3, -0.25) is 0 Å². The first kappa shape index (κ1) is 9.69. The van der Waals surface area contributed by atoms with E-state index in [0.717, 1.165) is 6.26 Å². The fourth-order valence-corrected chi connectivity index (χ4v) is 1.95. The van der Waals surface area contributed by atoms with Crippen LogP contribution < -0.4 is 0 Å². The maximum atomic E-state index is 10.8. The minimum absolute atomic E-state index is 0.559. The van der Waals surface area contributed by atoms with Crippen LogP contribution in [0.4, 0.5) is 0 Å². The van der Waals surface area contributed by atoms with Crippen molar-refractivity contribution in [3.8, 4) is 0 Å². The van der Waals surface area contributed by atoms with Gasteiger partial charge in [0.25, 0.3) is 0 Å². The molecule has 1 aliphatic rings. The average molecular weight is 189 g/mol. The lowest BCUT2D eigenvalue weighted by Gasteiger charge is -2.00. The molecule has 0 radical (unpaired) electrons. The highest BCUT2D eigenvalue weighted by molar-refractivity contribution is 7.33. The second-order valence-corrected chi connectivity index (χ2v) is 3.86. The van der Waals surface area contributed by atoms with Gasteiger partial charge in [0.2, 0.25) is 0 Å². The molecule has 0 aromatic rings. The quantitative estimate of drug-likeness (QED) is 0.492. The van der Waals surface area contributed by atoms with E-state index in [4.69, 9.17) is 4.52 Å². The summed E-state index contributed by atoms with van der Waals surface area (Å²) < 4.78 is 20.4. The van der Waals surface area contributed by atoms with Crippen molar-refractivity contribution in [2.45, 2.75) is 25.7 Å². The smallest absolute Gasteiger partial charge is 0.238 e. The fourth-order valence-electron chi connectivity index (χ4n) is 1.43. The summed E-state index contributed by atoms with van der Waals surface area (Å²) in [5.74, 6) is 0.581. The Kier molecular flexibility index (Phi) is 4.26. The van der Waals surface area contributed by atoms with Crippen molar-refractivity contribution >= 4 is 8.25 Å². The largest absolute Gasteiger partial charge is 0.749 e. The van der Waals surface area contributed by atoms with Crippen LogP contribution in [0.1, 0.15) is 25.7 Å². The van der Waals surface area contributed by atoms with E-state index < -0.39 is 8.25 Å². The highest BCUT2D eigenvalue weighted by Crippen LogP contribution is 2.30.